The van der Waals surface area contributed by atoms with Crippen molar-refractivity contribution in [1.82, 2.24) is 10.6 Å². The molecule has 2 heterocycles. The van der Waals surface area contributed by atoms with Gasteiger partial charge in [-0.15, -0.1) is 0 Å². The van der Waals surface area contributed by atoms with E-state index in [2.05, 4.69) is 24.5 Å². The fourth-order valence-electron chi connectivity index (χ4n) is 3.11. The standard InChI is InChI=1S/C14H26N2O2/c1-3-13-12(6-8-18-13)14(17)16-10(2)11-5-4-7-15-9-11/h10-13,15H,3-9H2,1-2H3,(H,16,17). The Labute approximate surface area is 110 Å². The first-order valence-corrected chi connectivity index (χ1v) is 7.35. The lowest BCUT2D eigenvalue weighted by atomic mass is 9.91. The van der Waals surface area contributed by atoms with Gasteiger partial charge in [-0.3, -0.25) is 4.79 Å². The normalized spacial score (nSPS) is 34.2. The number of piperidine rings is 1. The second-order valence-electron chi connectivity index (χ2n) is 5.62. The highest BCUT2D eigenvalue weighted by Crippen LogP contribution is 2.24. The van der Waals surface area contributed by atoms with E-state index in [0.29, 0.717) is 5.92 Å². The fourth-order valence-corrected chi connectivity index (χ4v) is 3.11. The summed E-state index contributed by atoms with van der Waals surface area (Å²) in [6.45, 7) is 7.10. The molecule has 2 aliphatic heterocycles. The van der Waals surface area contributed by atoms with Crippen molar-refractivity contribution in [2.24, 2.45) is 11.8 Å². The van der Waals surface area contributed by atoms with Crippen molar-refractivity contribution in [2.45, 2.75) is 51.7 Å². The first-order chi connectivity index (χ1) is 8.72. The van der Waals surface area contributed by atoms with Gasteiger partial charge in [0.05, 0.1) is 12.0 Å². The van der Waals surface area contributed by atoms with E-state index in [9.17, 15) is 4.79 Å². The van der Waals surface area contributed by atoms with Crippen LogP contribution in [0.1, 0.15) is 39.5 Å². The number of rotatable bonds is 4. The van der Waals surface area contributed by atoms with Crippen LogP contribution in [0.5, 0.6) is 0 Å². The second-order valence-corrected chi connectivity index (χ2v) is 5.62. The van der Waals surface area contributed by atoms with E-state index in [4.69, 9.17) is 4.74 Å². The number of hydrogen-bond donors (Lipinski definition) is 2. The monoisotopic (exact) mass is 254 g/mol. The average Bonchev–Trinajstić information content (AvgIpc) is 2.88. The molecule has 104 valence electrons. The highest BCUT2D eigenvalue weighted by Gasteiger charge is 2.34. The minimum absolute atomic E-state index is 0.0639. The van der Waals surface area contributed by atoms with E-state index in [1.807, 2.05) is 0 Å². The summed E-state index contributed by atoms with van der Waals surface area (Å²) in [6, 6.07) is 0.267. The molecule has 4 heteroatoms. The van der Waals surface area contributed by atoms with Crippen molar-refractivity contribution in [2.75, 3.05) is 19.7 Å². The van der Waals surface area contributed by atoms with Crippen LogP contribution in [0.15, 0.2) is 0 Å². The summed E-state index contributed by atoms with van der Waals surface area (Å²) in [4.78, 5) is 12.3. The molecule has 4 nitrogen and oxygen atoms in total. The maximum absolute atomic E-state index is 12.3. The van der Waals surface area contributed by atoms with E-state index in [0.717, 1.165) is 32.5 Å². The van der Waals surface area contributed by atoms with Gasteiger partial charge in [-0.25, -0.2) is 0 Å². The van der Waals surface area contributed by atoms with Gasteiger partial charge in [-0.2, -0.15) is 0 Å². The molecule has 0 aliphatic carbocycles. The number of carbonyl (C=O) groups excluding carboxylic acids is 1. The number of nitrogens with one attached hydrogen (secondary N) is 2. The number of amides is 1. The summed E-state index contributed by atoms with van der Waals surface area (Å²) in [6.07, 6.45) is 4.36. The predicted octanol–water partition coefficient (Wildman–Crippen LogP) is 1.31. The molecule has 4 atom stereocenters. The summed E-state index contributed by atoms with van der Waals surface area (Å²) >= 11 is 0. The molecule has 18 heavy (non-hydrogen) atoms. The van der Waals surface area contributed by atoms with Crippen LogP contribution >= 0.6 is 0 Å². The van der Waals surface area contributed by atoms with E-state index in [1.54, 1.807) is 0 Å². The molecule has 1 amide bonds. The van der Waals surface area contributed by atoms with Crippen molar-refractivity contribution in [3.05, 3.63) is 0 Å². The number of carbonyl (C=O) groups is 1. The summed E-state index contributed by atoms with van der Waals surface area (Å²) in [5.74, 6) is 0.830. The van der Waals surface area contributed by atoms with Crippen molar-refractivity contribution in [3.63, 3.8) is 0 Å². The quantitative estimate of drug-likeness (QED) is 0.795. The third-order valence-corrected chi connectivity index (χ3v) is 4.36. The lowest BCUT2D eigenvalue weighted by molar-refractivity contribution is -0.127. The molecule has 0 saturated carbocycles. The lowest BCUT2D eigenvalue weighted by Gasteiger charge is -2.30. The fraction of sp³-hybridized carbons (Fsp3) is 0.929. The molecule has 2 rings (SSSR count). The van der Waals surface area contributed by atoms with Crippen LogP contribution in [0.2, 0.25) is 0 Å². The molecule has 0 radical (unpaired) electrons. The molecule has 2 aliphatic rings. The minimum atomic E-state index is 0.0639. The Balaban J connectivity index is 1.82. The van der Waals surface area contributed by atoms with Gasteiger partial charge in [0.2, 0.25) is 5.91 Å². The van der Waals surface area contributed by atoms with Crippen molar-refractivity contribution in [3.8, 4) is 0 Å². The summed E-state index contributed by atoms with van der Waals surface area (Å²) in [7, 11) is 0. The number of ether oxygens (including phenoxy) is 1. The molecular weight excluding hydrogens is 228 g/mol. The van der Waals surface area contributed by atoms with Crippen molar-refractivity contribution in [1.29, 1.82) is 0 Å². The van der Waals surface area contributed by atoms with Crippen LogP contribution in [-0.2, 0) is 9.53 Å². The maximum Gasteiger partial charge on any atom is 0.226 e. The zero-order valence-corrected chi connectivity index (χ0v) is 11.6. The molecule has 2 N–H and O–H groups in total. The van der Waals surface area contributed by atoms with Crippen LogP contribution < -0.4 is 10.6 Å². The van der Waals surface area contributed by atoms with Crippen LogP contribution in [0.25, 0.3) is 0 Å². The molecule has 0 bridgehead atoms. The maximum atomic E-state index is 12.3. The molecule has 0 aromatic rings. The van der Waals surface area contributed by atoms with Gasteiger partial charge in [0, 0.05) is 12.6 Å². The Morgan fingerprint density at radius 2 is 2.33 bits per heavy atom. The van der Waals surface area contributed by atoms with E-state index < -0.39 is 0 Å². The highest BCUT2D eigenvalue weighted by molar-refractivity contribution is 5.79. The summed E-state index contributed by atoms with van der Waals surface area (Å²) in [5.41, 5.74) is 0. The second kappa shape index (κ2) is 6.53. The SMILES string of the molecule is CCC1OCCC1C(=O)NC(C)C1CCCNC1. The largest absolute Gasteiger partial charge is 0.377 e. The van der Waals surface area contributed by atoms with Gasteiger partial charge in [-0.05, 0) is 51.6 Å². The average molecular weight is 254 g/mol. The van der Waals surface area contributed by atoms with Crippen LogP contribution in [-0.4, -0.2) is 37.7 Å². The van der Waals surface area contributed by atoms with E-state index in [-0.39, 0.29) is 24.0 Å². The van der Waals surface area contributed by atoms with Gasteiger partial charge in [0.15, 0.2) is 0 Å². The Hall–Kier alpha value is -0.610. The zero-order valence-electron chi connectivity index (χ0n) is 11.6. The topological polar surface area (TPSA) is 50.4 Å². The Bertz CT molecular complexity index is 277. The molecular formula is C14H26N2O2. The van der Waals surface area contributed by atoms with Gasteiger partial charge >= 0.3 is 0 Å². The lowest BCUT2D eigenvalue weighted by Crippen LogP contribution is -2.47. The molecule has 0 aromatic heterocycles. The van der Waals surface area contributed by atoms with Crippen LogP contribution in [0.4, 0.5) is 0 Å². The van der Waals surface area contributed by atoms with Crippen LogP contribution in [0.3, 0.4) is 0 Å². The molecule has 2 fully saturated rings. The van der Waals surface area contributed by atoms with Crippen molar-refractivity contribution >= 4 is 5.91 Å². The van der Waals surface area contributed by atoms with Gasteiger partial charge < -0.3 is 15.4 Å². The summed E-state index contributed by atoms with van der Waals surface area (Å²) in [5, 5.41) is 6.60. The molecule has 0 spiro atoms. The molecule has 4 unspecified atom stereocenters. The first kappa shape index (κ1) is 13.8. The Kier molecular flexibility index (Phi) is 5.01. The molecule has 2 saturated heterocycles. The van der Waals surface area contributed by atoms with E-state index >= 15 is 0 Å². The van der Waals surface area contributed by atoms with E-state index in [1.165, 1.54) is 12.8 Å². The smallest absolute Gasteiger partial charge is 0.226 e. The first-order valence-electron chi connectivity index (χ1n) is 7.35. The summed E-state index contributed by atoms with van der Waals surface area (Å²) < 4.78 is 5.59. The Morgan fingerprint density at radius 3 is 3.00 bits per heavy atom. The van der Waals surface area contributed by atoms with Crippen molar-refractivity contribution < 1.29 is 9.53 Å². The van der Waals surface area contributed by atoms with Gasteiger partial charge in [-0.1, -0.05) is 6.92 Å². The van der Waals surface area contributed by atoms with Gasteiger partial charge in [0.25, 0.3) is 0 Å². The molecule has 0 aromatic carbocycles. The highest BCUT2D eigenvalue weighted by atomic mass is 16.5. The predicted molar refractivity (Wildman–Crippen MR) is 71.3 cm³/mol. The van der Waals surface area contributed by atoms with Gasteiger partial charge in [0.1, 0.15) is 0 Å². The zero-order chi connectivity index (χ0) is 13.0. The third kappa shape index (κ3) is 3.23. The minimum Gasteiger partial charge on any atom is -0.377 e. The Morgan fingerprint density at radius 1 is 1.50 bits per heavy atom. The third-order valence-electron chi connectivity index (χ3n) is 4.36. The van der Waals surface area contributed by atoms with Crippen LogP contribution in [0, 0.1) is 11.8 Å². The number of hydrogen-bond acceptors (Lipinski definition) is 3.